The number of nitrogens with two attached hydrogens (primary N) is 1. The van der Waals surface area contributed by atoms with Crippen molar-refractivity contribution >= 4 is 5.91 Å². The molecule has 1 heterocycles. The fourth-order valence-electron chi connectivity index (χ4n) is 1.87. The first-order chi connectivity index (χ1) is 9.70. The number of nitrogens with one attached hydrogen (secondary N) is 1. The van der Waals surface area contributed by atoms with Crippen LogP contribution in [0.15, 0.2) is 36.9 Å². The Morgan fingerprint density at radius 1 is 1.40 bits per heavy atom. The van der Waals surface area contributed by atoms with Crippen molar-refractivity contribution in [1.82, 2.24) is 20.1 Å². The zero-order valence-corrected chi connectivity index (χ0v) is 11.5. The Hall–Kier alpha value is -2.21. The second-order valence-corrected chi connectivity index (χ2v) is 4.59. The molecule has 0 aliphatic rings. The van der Waals surface area contributed by atoms with Crippen LogP contribution in [0.2, 0.25) is 0 Å². The lowest BCUT2D eigenvalue weighted by Crippen LogP contribution is -2.39. The van der Waals surface area contributed by atoms with Crippen molar-refractivity contribution in [3.05, 3.63) is 48.0 Å². The van der Waals surface area contributed by atoms with Crippen LogP contribution >= 0.6 is 0 Å². The highest BCUT2D eigenvalue weighted by Gasteiger charge is 2.11. The van der Waals surface area contributed by atoms with Crippen LogP contribution in [-0.2, 0) is 17.9 Å². The van der Waals surface area contributed by atoms with Gasteiger partial charge in [-0.2, -0.15) is 5.10 Å². The van der Waals surface area contributed by atoms with Gasteiger partial charge in [-0.3, -0.25) is 4.79 Å². The van der Waals surface area contributed by atoms with Gasteiger partial charge in [-0.1, -0.05) is 31.2 Å². The maximum Gasteiger partial charge on any atom is 0.237 e. The van der Waals surface area contributed by atoms with Crippen LogP contribution in [0.25, 0.3) is 0 Å². The molecule has 6 heteroatoms. The van der Waals surface area contributed by atoms with Crippen LogP contribution in [0, 0.1) is 0 Å². The number of hydrogen-bond donors (Lipinski definition) is 2. The molecule has 2 rings (SSSR count). The van der Waals surface area contributed by atoms with Gasteiger partial charge in [0.25, 0.3) is 0 Å². The highest BCUT2D eigenvalue weighted by Crippen LogP contribution is 2.10. The minimum Gasteiger partial charge on any atom is -0.351 e. The maximum absolute atomic E-state index is 11.7. The van der Waals surface area contributed by atoms with E-state index >= 15 is 0 Å². The molecule has 20 heavy (non-hydrogen) atoms. The fourth-order valence-corrected chi connectivity index (χ4v) is 1.87. The summed E-state index contributed by atoms with van der Waals surface area (Å²) in [5.41, 5.74) is 7.85. The van der Waals surface area contributed by atoms with E-state index in [2.05, 4.69) is 15.4 Å². The number of aromatic nitrogens is 3. The zero-order valence-electron chi connectivity index (χ0n) is 11.5. The Balaban J connectivity index is 2.03. The van der Waals surface area contributed by atoms with Gasteiger partial charge < -0.3 is 11.1 Å². The molecule has 106 valence electrons. The molecule has 6 nitrogen and oxygen atoms in total. The summed E-state index contributed by atoms with van der Waals surface area (Å²) in [6, 6.07) is 7.48. The Morgan fingerprint density at radius 2 is 2.15 bits per heavy atom. The predicted molar refractivity (Wildman–Crippen MR) is 75.7 cm³/mol. The molecule has 3 N–H and O–H groups in total. The van der Waals surface area contributed by atoms with Crippen molar-refractivity contribution in [1.29, 1.82) is 0 Å². The molecule has 1 atom stereocenters. The Kier molecular flexibility index (Phi) is 4.84. The summed E-state index contributed by atoms with van der Waals surface area (Å²) in [6.07, 6.45) is 3.81. The first-order valence-electron chi connectivity index (χ1n) is 6.63. The van der Waals surface area contributed by atoms with Crippen LogP contribution in [0.4, 0.5) is 0 Å². The smallest absolute Gasteiger partial charge is 0.237 e. The summed E-state index contributed by atoms with van der Waals surface area (Å²) in [6.45, 7) is 2.99. The lowest BCUT2D eigenvalue weighted by molar-refractivity contribution is -0.122. The summed E-state index contributed by atoms with van der Waals surface area (Å²) < 4.78 is 1.75. The topological polar surface area (TPSA) is 85.8 Å². The normalized spacial score (nSPS) is 12.1. The molecule has 1 aromatic carbocycles. The van der Waals surface area contributed by atoms with E-state index in [-0.39, 0.29) is 5.91 Å². The van der Waals surface area contributed by atoms with Gasteiger partial charge in [-0.05, 0) is 17.5 Å². The van der Waals surface area contributed by atoms with E-state index in [1.807, 2.05) is 31.2 Å². The molecule has 0 spiro atoms. The van der Waals surface area contributed by atoms with Crippen molar-refractivity contribution in [2.45, 2.75) is 32.5 Å². The molecule has 0 fully saturated rings. The van der Waals surface area contributed by atoms with Crippen molar-refractivity contribution in [3.8, 4) is 0 Å². The predicted octanol–water partition coefficient (Wildman–Crippen LogP) is 0.680. The van der Waals surface area contributed by atoms with Gasteiger partial charge in [0.1, 0.15) is 12.7 Å². The summed E-state index contributed by atoms with van der Waals surface area (Å²) >= 11 is 0. The van der Waals surface area contributed by atoms with Crippen LogP contribution in [-0.4, -0.2) is 26.7 Å². The van der Waals surface area contributed by atoms with Crippen LogP contribution in [0.5, 0.6) is 0 Å². The monoisotopic (exact) mass is 273 g/mol. The van der Waals surface area contributed by atoms with Gasteiger partial charge in [-0.25, -0.2) is 9.67 Å². The van der Waals surface area contributed by atoms with E-state index in [4.69, 9.17) is 5.73 Å². The number of benzene rings is 1. The lowest BCUT2D eigenvalue weighted by Gasteiger charge is -2.13. The van der Waals surface area contributed by atoms with Crippen molar-refractivity contribution in [2.75, 3.05) is 0 Å². The molecule has 1 amide bonds. The number of carbonyl (C=O) groups excluding carboxylic acids is 1. The summed E-state index contributed by atoms with van der Waals surface area (Å²) in [5, 5.41) is 6.95. The number of hydrogen-bond acceptors (Lipinski definition) is 4. The summed E-state index contributed by atoms with van der Waals surface area (Å²) in [7, 11) is 0. The maximum atomic E-state index is 11.7. The van der Waals surface area contributed by atoms with Gasteiger partial charge in [0.2, 0.25) is 5.91 Å². The Labute approximate surface area is 118 Å². The average molecular weight is 273 g/mol. The van der Waals surface area contributed by atoms with Crippen LogP contribution < -0.4 is 11.1 Å². The molecule has 0 aliphatic heterocycles. The number of amides is 1. The average Bonchev–Trinajstić information content (AvgIpc) is 2.98. The molecule has 2 aromatic rings. The number of carbonyl (C=O) groups is 1. The van der Waals surface area contributed by atoms with Crippen LogP contribution in [0.3, 0.4) is 0 Å². The molecular weight excluding hydrogens is 254 g/mol. The second-order valence-electron chi connectivity index (χ2n) is 4.59. The van der Waals surface area contributed by atoms with Gasteiger partial charge in [-0.15, -0.1) is 0 Å². The molecule has 0 aliphatic carbocycles. The first kappa shape index (κ1) is 14.2. The van der Waals surface area contributed by atoms with Gasteiger partial charge in [0.05, 0.1) is 12.6 Å². The Morgan fingerprint density at radius 3 is 2.80 bits per heavy atom. The quantitative estimate of drug-likeness (QED) is 0.810. The SMILES string of the molecule is CC[C@H](N)C(=O)NCc1ccccc1Cn1cncn1. The van der Waals surface area contributed by atoms with Gasteiger partial charge in [0.15, 0.2) is 0 Å². The second kappa shape index (κ2) is 6.81. The van der Waals surface area contributed by atoms with E-state index < -0.39 is 6.04 Å². The summed E-state index contributed by atoms with van der Waals surface area (Å²) in [5.74, 6) is -0.122. The minimum absolute atomic E-state index is 0.122. The van der Waals surface area contributed by atoms with Crippen molar-refractivity contribution in [2.24, 2.45) is 5.73 Å². The first-order valence-corrected chi connectivity index (χ1v) is 6.63. The van der Waals surface area contributed by atoms with Gasteiger partial charge in [0, 0.05) is 6.54 Å². The molecule has 0 saturated carbocycles. The third kappa shape index (κ3) is 3.64. The molecule has 0 saturated heterocycles. The van der Waals surface area contributed by atoms with Crippen molar-refractivity contribution < 1.29 is 4.79 Å². The number of nitrogens with zero attached hydrogens (tertiary/aromatic N) is 3. The lowest BCUT2D eigenvalue weighted by atomic mass is 10.1. The molecule has 0 bridgehead atoms. The fraction of sp³-hybridized carbons (Fsp3) is 0.357. The molecule has 0 unspecified atom stereocenters. The van der Waals surface area contributed by atoms with Gasteiger partial charge >= 0.3 is 0 Å². The zero-order chi connectivity index (χ0) is 14.4. The third-order valence-electron chi connectivity index (χ3n) is 3.15. The third-order valence-corrected chi connectivity index (χ3v) is 3.15. The molecular formula is C14H19N5O. The minimum atomic E-state index is -0.447. The highest BCUT2D eigenvalue weighted by molar-refractivity contribution is 5.81. The van der Waals surface area contributed by atoms with E-state index in [1.165, 1.54) is 6.33 Å². The Bertz CT molecular complexity index is 552. The van der Waals surface area contributed by atoms with E-state index in [1.54, 1.807) is 11.0 Å². The van der Waals surface area contributed by atoms with E-state index in [0.29, 0.717) is 19.5 Å². The van der Waals surface area contributed by atoms with Crippen molar-refractivity contribution in [3.63, 3.8) is 0 Å². The standard InChI is InChI=1S/C14H19N5O/c1-2-13(15)14(20)17-7-11-5-3-4-6-12(11)8-19-10-16-9-18-19/h3-6,9-10,13H,2,7-8,15H2,1H3,(H,17,20)/t13-/m0/s1. The van der Waals surface area contributed by atoms with E-state index in [9.17, 15) is 4.79 Å². The van der Waals surface area contributed by atoms with E-state index in [0.717, 1.165) is 11.1 Å². The molecule has 1 aromatic heterocycles. The highest BCUT2D eigenvalue weighted by atomic mass is 16.2. The largest absolute Gasteiger partial charge is 0.351 e. The molecule has 0 radical (unpaired) electrons. The summed E-state index contributed by atoms with van der Waals surface area (Å²) in [4.78, 5) is 15.6. The number of rotatable bonds is 6. The van der Waals surface area contributed by atoms with Crippen LogP contribution in [0.1, 0.15) is 24.5 Å².